The van der Waals surface area contributed by atoms with Crippen LogP contribution in [0.2, 0.25) is 5.02 Å². The zero-order valence-electron chi connectivity index (χ0n) is 16.1. The highest BCUT2D eigenvalue weighted by Crippen LogP contribution is 2.30. The van der Waals surface area contributed by atoms with Crippen LogP contribution in [-0.2, 0) is 11.3 Å². The average Bonchev–Trinajstić information content (AvgIpc) is 3.47. The molecule has 29 heavy (non-hydrogen) atoms. The Balaban J connectivity index is 1.42. The fourth-order valence-electron chi connectivity index (χ4n) is 3.16. The molecule has 7 heteroatoms. The van der Waals surface area contributed by atoms with E-state index in [1.165, 1.54) is 11.8 Å². The van der Waals surface area contributed by atoms with Crippen LogP contribution in [0.15, 0.2) is 66.1 Å². The Labute approximate surface area is 179 Å². The lowest BCUT2D eigenvalue weighted by Crippen LogP contribution is -2.34. The third-order valence-electron chi connectivity index (χ3n) is 4.84. The lowest BCUT2D eigenvalue weighted by molar-refractivity contribution is -0.129. The summed E-state index contributed by atoms with van der Waals surface area (Å²) in [5.74, 6) is 1.31. The van der Waals surface area contributed by atoms with E-state index in [-0.39, 0.29) is 5.91 Å². The van der Waals surface area contributed by atoms with Crippen molar-refractivity contribution in [2.75, 3.05) is 12.9 Å². The highest BCUT2D eigenvalue weighted by atomic mass is 35.5. The smallest absolute Gasteiger partial charge is 0.233 e. The lowest BCUT2D eigenvalue weighted by atomic mass is 10.2. The van der Waals surface area contributed by atoms with Crippen LogP contribution in [0.1, 0.15) is 18.4 Å². The van der Waals surface area contributed by atoms with Crippen molar-refractivity contribution in [2.24, 2.45) is 0 Å². The Morgan fingerprint density at radius 2 is 2.07 bits per heavy atom. The predicted molar refractivity (Wildman–Crippen MR) is 116 cm³/mol. The van der Waals surface area contributed by atoms with Crippen molar-refractivity contribution in [1.29, 1.82) is 0 Å². The van der Waals surface area contributed by atoms with E-state index in [1.807, 2.05) is 64.2 Å². The molecule has 150 valence electrons. The Morgan fingerprint density at radius 1 is 1.28 bits per heavy atom. The molecule has 0 spiro atoms. The molecule has 1 aliphatic carbocycles. The standard InChI is InChI=1S/C22H22ClN3O2S/c1-28-20-9-5-16(6-10-20)14-26(18-7-8-18)21(27)15-29-22-24-11-12-25(22)19-4-2-3-17(23)13-19/h2-6,9-13,18H,7-8,14-15H2,1H3. The number of ether oxygens (including phenoxy) is 1. The number of nitrogens with zero attached hydrogens (tertiary/aromatic N) is 3. The first-order valence-corrected chi connectivity index (χ1v) is 10.8. The summed E-state index contributed by atoms with van der Waals surface area (Å²) in [6.45, 7) is 0.622. The molecule has 1 saturated carbocycles. The molecule has 0 aliphatic heterocycles. The van der Waals surface area contributed by atoms with Gasteiger partial charge in [-0.15, -0.1) is 0 Å². The molecule has 2 aromatic carbocycles. The van der Waals surface area contributed by atoms with E-state index in [9.17, 15) is 4.79 Å². The van der Waals surface area contributed by atoms with Gasteiger partial charge in [-0.25, -0.2) is 4.98 Å². The fraction of sp³-hybridized carbons (Fsp3) is 0.273. The molecule has 1 heterocycles. The van der Waals surface area contributed by atoms with Gasteiger partial charge in [0.25, 0.3) is 0 Å². The molecule has 5 nitrogen and oxygen atoms in total. The van der Waals surface area contributed by atoms with Crippen molar-refractivity contribution in [3.63, 3.8) is 0 Å². The van der Waals surface area contributed by atoms with E-state index in [1.54, 1.807) is 13.3 Å². The molecule has 0 unspecified atom stereocenters. The monoisotopic (exact) mass is 427 g/mol. The molecule has 0 saturated heterocycles. The minimum atomic E-state index is 0.133. The van der Waals surface area contributed by atoms with Crippen molar-refractivity contribution in [3.8, 4) is 11.4 Å². The second-order valence-electron chi connectivity index (χ2n) is 6.95. The molecule has 4 rings (SSSR count). The zero-order valence-corrected chi connectivity index (χ0v) is 17.7. The van der Waals surface area contributed by atoms with Gasteiger partial charge in [0.05, 0.1) is 12.9 Å². The summed E-state index contributed by atoms with van der Waals surface area (Å²) in [5, 5.41) is 1.45. The maximum atomic E-state index is 13.0. The molecule has 1 aromatic heterocycles. The quantitative estimate of drug-likeness (QED) is 0.483. The van der Waals surface area contributed by atoms with Crippen molar-refractivity contribution in [1.82, 2.24) is 14.5 Å². The molecule has 3 aromatic rings. The molecule has 1 fully saturated rings. The summed E-state index contributed by atoms with van der Waals surface area (Å²) in [4.78, 5) is 19.4. The molecule has 0 radical (unpaired) electrons. The number of benzene rings is 2. The maximum Gasteiger partial charge on any atom is 0.233 e. The van der Waals surface area contributed by atoms with Gasteiger partial charge in [-0.2, -0.15) is 0 Å². The number of carbonyl (C=O) groups is 1. The van der Waals surface area contributed by atoms with Gasteiger partial charge in [0, 0.05) is 35.7 Å². The number of amides is 1. The van der Waals surface area contributed by atoms with Crippen LogP contribution in [-0.4, -0.2) is 39.3 Å². The SMILES string of the molecule is COc1ccc(CN(C(=O)CSc2nccn2-c2cccc(Cl)c2)C2CC2)cc1. The molecule has 1 amide bonds. The van der Waals surface area contributed by atoms with Crippen molar-refractivity contribution >= 4 is 29.3 Å². The van der Waals surface area contributed by atoms with Gasteiger partial charge >= 0.3 is 0 Å². The fourth-order valence-corrected chi connectivity index (χ4v) is 4.21. The number of aromatic nitrogens is 2. The minimum absolute atomic E-state index is 0.133. The third kappa shape index (κ3) is 4.95. The van der Waals surface area contributed by atoms with Crippen LogP contribution in [0, 0.1) is 0 Å². The largest absolute Gasteiger partial charge is 0.497 e. The minimum Gasteiger partial charge on any atom is -0.497 e. The number of rotatable bonds is 8. The summed E-state index contributed by atoms with van der Waals surface area (Å²) in [6.07, 6.45) is 5.77. The Kier molecular flexibility index (Phi) is 6.11. The second-order valence-corrected chi connectivity index (χ2v) is 8.33. The summed E-state index contributed by atoms with van der Waals surface area (Å²) < 4.78 is 7.17. The van der Waals surface area contributed by atoms with Crippen LogP contribution in [0.25, 0.3) is 5.69 Å². The summed E-state index contributed by atoms with van der Waals surface area (Å²) in [5.41, 5.74) is 2.04. The number of hydrogen-bond acceptors (Lipinski definition) is 4. The predicted octanol–water partition coefficient (Wildman–Crippen LogP) is 4.82. The molecular weight excluding hydrogens is 406 g/mol. The molecular formula is C22H22ClN3O2S. The number of hydrogen-bond donors (Lipinski definition) is 0. The number of carbonyl (C=O) groups excluding carboxylic acids is 1. The molecule has 1 aliphatic rings. The van der Waals surface area contributed by atoms with Crippen LogP contribution < -0.4 is 4.74 Å². The number of halogens is 1. The van der Waals surface area contributed by atoms with Crippen molar-refractivity contribution in [3.05, 3.63) is 71.5 Å². The summed E-state index contributed by atoms with van der Waals surface area (Å²) in [6, 6.07) is 15.8. The van der Waals surface area contributed by atoms with E-state index in [0.717, 1.165) is 35.0 Å². The number of methoxy groups -OCH3 is 1. The average molecular weight is 428 g/mol. The first kappa shape index (κ1) is 19.9. The first-order valence-electron chi connectivity index (χ1n) is 9.48. The Bertz CT molecular complexity index is 986. The topological polar surface area (TPSA) is 47.4 Å². The summed E-state index contributed by atoms with van der Waals surface area (Å²) >= 11 is 7.56. The van der Waals surface area contributed by atoms with Gasteiger partial charge in [0.15, 0.2) is 5.16 Å². The van der Waals surface area contributed by atoms with Gasteiger partial charge in [0.1, 0.15) is 5.75 Å². The Hall–Kier alpha value is -2.44. The Morgan fingerprint density at radius 3 is 2.76 bits per heavy atom. The van der Waals surface area contributed by atoms with E-state index in [4.69, 9.17) is 16.3 Å². The number of imidazole rings is 1. The van der Waals surface area contributed by atoms with Gasteiger partial charge in [0.2, 0.25) is 5.91 Å². The summed E-state index contributed by atoms with van der Waals surface area (Å²) in [7, 11) is 1.65. The van der Waals surface area contributed by atoms with Crippen LogP contribution in [0.5, 0.6) is 5.75 Å². The van der Waals surface area contributed by atoms with Crippen molar-refractivity contribution < 1.29 is 9.53 Å². The first-order chi connectivity index (χ1) is 14.1. The maximum absolute atomic E-state index is 13.0. The van der Waals surface area contributed by atoms with Gasteiger partial charge < -0.3 is 9.64 Å². The zero-order chi connectivity index (χ0) is 20.2. The molecule has 0 bridgehead atoms. The van der Waals surface area contributed by atoms with Crippen molar-refractivity contribution in [2.45, 2.75) is 30.6 Å². The van der Waals surface area contributed by atoms with E-state index in [2.05, 4.69) is 4.98 Å². The number of thioether (sulfide) groups is 1. The highest BCUT2D eigenvalue weighted by molar-refractivity contribution is 7.99. The second kappa shape index (κ2) is 8.93. The van der Waals surface area contributed by atoms with E-state index < -0.39 is 0 Å². The molecule has 0 N–H and O–H groups in total. The van der Waals surface area contributed by atoms with Gasteiger partial charge in [-0.05, 0) is 48.7 Å². The highest BCUT2D eigenvalue weighted by Gasteiger charge is 2.32. The van der Waals surface area contributed by atoms with Crippen LogP contribution in [0.3, 0.4) is 0 Å². The molecule has 0 atom stereocenters. The van der Waals surface area contributed by atoms with E-state index in [0.29, 0.717) is 23.4 Å². The van der Waals surface area contributed by atoms with Crippen LogP contribution >= 0.6 is 23.4 Å². The lowest BCUT2D eigenvalue weighted by Gasteiger charge is -2.22. The van der Waals surface area contributed by atoms with E-state index >= 15 is 0 Å². The third-order valence-corrected chi connectivity index (χ3v) is 6.02. The van der Waals surface area contributed by atoms with Crippen LogP contribution in [0.4, 0.5) is 0 Å². The normalized spacial score (nSPS) is 13.3. The van der Waals surface area contributed by atoms with Gasteiger partial charge in [-0.3, -0.25) is 9.36 Å². The van der Waals surface area contributed by atoms with Gasteiger partial charge in [-0.1, -0.05) is 41.6 Å².